The highest BCUT2D eigenvalue weighted by molar-refractivity contribution is 5.44. The Balaban J connectivity index is 2.01. The molecule has 112 valence electrons. The molecule has 2 heterocycles. The van der Waals surface area contributed by atoms with E-state index in [0.717, 1.165) is 37.0 Å². The van der Waals surface area contributed by atoms with Crippen molar-refractivity contribution in [1.82, 2.24) is 4.98 Å². The van der Waals surface area contributed by atoms with Crippen LogP contribution in [0.4, 0.5) is 5.69 Å². The molecule has 1 aromatic heterocycles. The number of aromatic nitrogens is 1. The van der Waals surface area contributed by atoms with Crippen molar-refractivity contribution in [2.24, 2.45) is 17.6 Å². The fraction of sp³-hybridized carbons (Fsp3) is 0.706. The SMILES string of the molecule is CC[C@@H](N)c1ccc(N2CCCC(C(C)C)CC2)cn1. The number of hydrogen-bond acceptors (Lipinski definition) is 3. The molecule has 1 saturated heterocycles. The third-order valence-corrected chi connectivity index (χ3v) is 4.67. The van der Waals surface area contributed by atoms with Gasteiger partial charge in [-0.25, -0.2) is 0 Å². The summed E-state index contributed by atoms with van der Waals surface area (Å²) in [6, 6.07) is 4.35. The standard InChI is InChI=1S/C17H29N3/c1-4-16(18)17-8-7-15(12-19-17)20-10-5-6-14(9-11-20)13(2)3/h7-8,12-14,16H,4-6,9-11,18H2,1-3H3/t14?,16-/m1/s1. The van der Waals surface area contributed by atoms with Crippen molar-refractivity contribution in [3.8, 4) is 0 Å². The summed E-state index contributed by atoms with van der Waals surface area (Å²) in [6.07, 6.45) is 6.89. The van der Waals surface area contributed by atoms with Crippen molar-refractivity contribution >= 4 is 5.69 Å². The van der Waals surface area contributed by atoms with Crippen LogP contribution in [0.3, 0.4) is 0 Å². The molecule has 0 amide bonds. The van der Waals surface area contributed by atoms with Gasteiger partial charge in [0, 0.05) is 19.1 Å². The van der Waals surface area contributed by atoms with Gasteiger partial charge in [-0.15, -0.1) is 0 Å². The summed E-state index contributed by atoms with van der Waals surface area (Å²) in [5.41, 5.74) is 8.28. The first-order chi connectivity index (χ1) is 9.61. The van der Waals surface area contributed by atoms with Gasteiger partial charge >= 0.3 is 0 Å². The molecule has 2 rings (SSSR count). The lowest BCUT2D eigenvalue weighted by atomic mass is 9.89. The van der Waals surface area contributed by atoms with E-state index >= 15 is 0 Å². The molecule has 2 N–H and O–H groups in total. The van der Waals surface area contributed by atoms with Gasteiger partial charge in [-0.2, -0.15) is 0 Å². The highest BCUT2D eigenvalue weighted by atomic mass is 15.1. The average Bonchev–Trinajstić information content (AvgIpc) is 2.72. The van der Waals surface area contributed by atoms with Gasteiger partial charge in [-0.05, 0) is 49.7 Å². The number of nitrogens with two attached hydrogens (primary N) is 1. The van der Waals surface area contributed by atoms with Crippen molar-refractivity contribution in [2.75, 3.05) is 18.0 Å². The van der Waals surface area contributed by atoms with Crippen LogP contribution in [0.1, 0.15) is 58.2 Å². The molecule has 0 bridgehead atoms. The van der Waals surface area contributed by atoms with E-state index in [-0.39, 0.29) is 6.04 Å². The molecule has 1 fully saturated rings. The quantitative estimate of drug-likeness (QED) is 0.910. The van der Waals surface area contributed by atoms with Crippen molar-refractivity contribution in [1.29, 1.82) is 0 Å². The second-order valence-corrected chi connectivity index (χ2v) is 6.38. The van der Waals surface area contributed by atoms with E-state index in [4.69, 9.17) is 5.73 Å². The van der Waals surface area contributed by atoms with Crippen LogP contribution < -0.4 is 10.6 Å². The maximum atomic E-state index is 6.02. The Kier molecular flexibility index (Phi) is 5.41. The molecule has 0 aromatic carbocycles. The molecule has 1 aliphatic rings. The Labute approximate surface area is 123 Å². The molecule has 0 aliphatic carbocycles. The van der Waals surface area contributed by atoms with Crippen LogP contribution in [0.15, 0.2) is 18.3 Å². The topological polar surface area (TPSA) is 42.1 Å². The lowest BCUT2D eigenvalue weighted by Gasteiger charge is -2.23. The van der Waals surface area contributed by atoms with E-state index in [1.807, 2.05) is 6.20 Å². The second-order valence-electron chi connectivity index (χ2n) is 6.38. The highest BCUT2D eigenvalue weighted by Crippen LogP contribution is 2.27. The number of hydrogen-bond donors (Lipinski definition) is 1. The molecule has 1 aliphatic heterocycles. The van der Waals surface area contributed by atoms with E-state index in [1.54, 1.807) is 0 Å². The lowest BCUT2D eigenvalue weighted by molar-refractivity contribution is 0.351. The summed E-state index contributed by atoms with van der Waals surface area (Å²) in [4.78, 5) is 7.03. The largest absolute Gasteiger partial charge is 0.370 e. The van der Waals surface area contributed by atoms with Crippen LogP contribution in [0.5, 0.6) is 0 Å². The summed E-state index contributed by atoms with van der Waals surface area (Å²) < 4.78 is 0. The maximum Gasteiger partial charge on any atom is 0.0572 e. The lowest BCUT2D eigenvalue weighted by Crippen LogP contribution is -2.25. The fourth-order valence-corrected chi connectivity index (χ4v) is 3.06. The highest BCUT2D eigenvalue weighted by Gasteiger charge is 2.19. The zero-order valence-electron chi connectivity index (χ0n) is 13.2. The first-order valence-electron chi connectivity index (χ1n) is 8.08. The van der Waals surface area contributed by atoms with Crippen LogP contribution in [-0.2, 0) is 0 Å². The van der Waals surface area contributed by atoms with E-state index in [1.165, 1.54) is 24.9 Å². The number of anilines is 1. The second kappa shape index (κ2) is 7.07. The Bertz CT molecular complexity index is 399. The van der Waals surface area contributed by atoms with E-state index in [2.05, 4.69) is 42.8 Å². The molecule has 0 spiro atoms. The zero-order chi connectivity index (χ0) is 14.5. The van der Waals surface area contributed by atoms with Gasteiger partial charge < -0.3 is 10.6 Å². The van der Waals surface area contributed by atoms with Crippen LogP contribution in [-0.4, -0.2) is 18.1 Å². The molecule has 0 radical (unpaired) electrons. The predicted molar refractivity (Wildman–Crippen MR) is 85.8 cm³/mol. The van der Waals surface area contributed by atoms with Crippen molar-refractivity contribution in [3.05, 3.63) is 24.0 Å². The van der Waals surface area contributed by atoms with E-state index in [9.17, 15) is 0 Å². The summed E-state index contributed by atoms with van der Waals surface area (Å²) in [5.74, 6) is 1.68. The monoisotopic (exact) mass is 275 g/mol. The molecule has 0 saturated carbocycles. The first kappa shape index (κ1) is 15.3. The summed E-state index contributed by atoms with van der Waals surface area (Å²) in [5, 5.41) is 0. The minimum atomic E-state index is 0.0681. The average molecular weight is 275 g/mol. The van der Waals surface area contributed by atoms with Gasteiger partial charge in [0.1, 0.15) is 0 Å². The number of pyridine rings is 1. The van der Waals surface area contributed by atoms with Crippen LogP contribution in [0.25, 0.3) is 0 Å². The van der Waals surface area contributed by atoms with Crippen molar-refractivity contribution < 1.29 is 0 Å². The number of rotatable bonds is 4. The van der Waals surface area contributed by atoms with Gasteiger partial charge in [-0.3, -0.25) is 4.98 Å². The molecular formula is C17H29N3. The van der Waals surface area contributed by atoms with Gasteiger partial charge in [-0.1, -0.05) is 20.8 Å². The summed E-state index contributed by atoms with van der Waals surface area (Å²) in [6.45, 7) is 9.11. The fourth-order valence-electron chi connectivity index (χ4n) is 3.06. The molecule has 3 nitrogen and oxygen atoms in total. The normalized spacial score (nSPS) is 21.9. The molecule has 20 heavy (non-hydrogen) atoms. The third kappa shape index (κ3) is 3.72. The van der Waals surface area contributed by atoms with Crippen LogP contribution >= 0.6 is 0 Å². The smallest absolute Gasteiger partial charge is 0.0572 e. The third-order valence-electron chi connectivity index (χ3n) is 4.67. The molecule has 2 atom stereocenters. The Hall–Kier alpha value is -1.09. The van der Waals surface area contributed by atoms with E-state index in [0.29, 0.717) is 0 Å². The molecular weight excluding hydrogens is 246 g/mol. The predicted octanol–water partition coefficient (Wildman–Crippen LogP) is 3.75. The summed E-state index contributed by atoms with van der Waals surface area (Å²) >= 11 is 0. The number of nitrogens with zero attached hydrogens (tertiary/aromatic N) is 2. The van der Waals surface area contributed by atoms with Gasteiger partial charge in [0.2, 0.25) is 0 Å². The summed E-state index contributed by atoms with van der Waals surface area (Å²) in [7, 11) is 0. The van der Waals surface area contributed by atoms with Gasteiger partial charge in [0.25, 0.3) is 0 Å². The molecule has 3 heteroatoms. The Morgan fingerprint density at radius 2 is 2.10 bits per heavy atom. The van der Waals surface area contributed by atoms with Crippen LogP contribution in [0, 0.1) is 11.8 Å². The van der Waals surface area contributed by atoms with Gasteiger partial charge in [0.05, 0.1) is 17.6 Å². The van der Waals surface area contributed by atoms with Crippen molar-refractivity contribution in [2.45, 2.75) is 52.5 Å². The molecule has 1 aromatic rings. The Morgan fingerprint density at radius 3 is 2.70 bits per heavy atom. The minimum absolute atomic E-state index is 0.0681. The Morgan fingerprint density at radius 1 is 1.30 bits per heavy atom. The minimum Gasteiger partial charge on any atom is -0.370 e. The van der Waals surface area contributed by atoms with Gasteiger partial charge in [0.15, 0.2) is 0 Å². The van der Waals surface area contributed by atoms with Crippen molar-refractivity contribution in [3.63, 3.8) is 0 Å². The van der Waals surface area contributed by atoms with Crippen LogP contribution in [0.2, 0.25) is 0 Å². The molecule has 1 unspecified atom stereocenters. The first-order valence-corrected chi connectivity index (χ1v) is 8.08. The zero-order valence-corrected chi connectivity index (χ0v) is 13.2. The van der Waals surface area contributed by atoms with E-state index < -0.39 is 0 Å². The maximum absolute atomic E-state index is 6.02.